The molecule has 2 amide bonds. The Bertz CT molecular complexity index is 839. The first-order valence-electron chi connectivity index (χ1n) is 9.21. The van der Waals surface area contributed by atoms with Gasteiger partial charge in [-0.3, -0.25) is 9.59 Å². The van der Waals surface area contributed by atoms with Gasteiger partial charge in [-0.1, -0.05) is 32.6 Å². The van der Waals surface area contributed by atoms with Gasteiger partial charge in [0.2, 0.25) is 11.8 Å². The zero-order valence-electron chi connectivity index (χ0n) is 15.7. The van der Waals surface area contributed by atoms with Gasteiger partial charge in [0.15, 0.2) is 5.82 Å². The molecule has 1 aliphatic heterocycles. The van der Waals surface area contributed by atoms with E-state index in [1.165, 1.54) is 6.08 Å². The van der Waals surface area contributed by atoms with E-state index < -0.39 is 0 Å². The molecule has 142 valence electrons. The maximum absolute atomic E-state index is 12.6. The van der Waals surface area contributed by atoms with Crippen LogP contribution in [-0.2, 0) is 29.0 Å². The summed E-state index contributed by atoms with van der Waals surface area (Å²) in [6.07, 6.45) is 3.50. The van der Waals surface area contributed by atoms with Crippen molar-refractivity contribution in [3.05, 3.63) is 54.1 Å². The zero-order chi connectivity index (χ0) is 19.4. The molecular formula is C20H25N5O2. The van der Waals surface area contributed by atoms with Crippen LogP contribution < -0.4 is 10.6 Å². The lowest BCUT2D eigenvalue weighted by Gasteiger charge is -2.22. The molecular weight excluding hydrogens is 342 g/mol. The Balaban J connectivity index is 1.64. The maximum atomic E-state index is 12.6. The highest BCUT2D eigenvalue weighted by molar-refractivity contribution is 5.98. The lowest BCUT2D eigenvalue weighted by molar-refractivity contribution is -0.121. The number of nitrogens with zero attached hydrogens (tertiary/aromatic N) is 3. The zero-order valence-corrected chi connectivity index (χ0v) is 15.7. The summed E-state index contributed by atoms with van der Waals surface area (Å²) >= 11 is 0. The maximum Gasteiger partial charge on any atom is 0.247 e. The van der Waals surface area contributed by atoms with Crippen molar-refractivity contribution in [1.82, 2.24) is 20.1 Å². The molecule has 0 saturated carbocycles. The van der Waals surface area contributed by atoms with E-state index in [0.717, 1.165) is 36.6 Å². The molecule has 2 heterocycles. The molecule has 7 heteroatoms. The van der Waals surface area contributed by atoms with Crippen LogP contribution in [0.1, 0.15) is 43.5 Å². The summed E-state index contributed by atoms with van der Waals surface area (Å²) in [6.45, 7) is 8.47. The van der Waals surface area contributed by atoms with Crippen LogP contribution in [0.25, 0.3) is 0 Å². The SMILES string of the molecule is C=CC(=O)Nc1ccc(CC(=O)NC(c2nnc3n2CCC3)C(C)C)cc1. The van der Waals surface area contributed by atoms with E-state index in [9.17, 15) is 9.59 Å². The summed E-state index contributed by atoms with van der Waals surface area (Å²) in [7, 11) is 0. The second kappa shape index (κ2) is 8.16. The Morgan fingerprint density at radius 2 is 2.00 bits per heavy atom. The second-order valence-corrected chi connectivity index (χ2v) is 7.09. The third kappa shape index (κ3) is 4.42. The number of benzene rings is 1. The van der Waals surface area contributed by atoms with E-state index in [1.54, 1.807) is 12.1 Å². The molecule has 0 fully saturated rings. The van der Waals surface area contributed by atoms with Crippen LogP contribution in [0.15, 0.2) is 36.9 Å². The number of fused-ring (bicyclic) bond motifs is 1. The van der Waals surface area contributed by atoms with Gasteiger partial charge in [-0.15, -0.1) is 10.2 Å². The summed E-state index contributed by atoms with van der Waals surface area (Å²) < 4.78 is 2.13. The number of hydrogen-bond donors (Lipinski definition) is 2. The van der Waals surface area contributed by atoms with Crippen molar-refractivity contribution in [2.75, 3.05) is 5.32 Å². The predicted octanol–water partition coefficient (Wildman–Crippen LogP) is 2.40. The van der Waals surface area contributed by atoms with Crippen LogP contribution >= 0.6 is 0 Å². The summed E-state index contributed by atoms with van der Waals surface area (Å²) in [5.41, 5.74) is 1.54. The quantitative estimate of drug-likeness (QED) is 0.736. The molecule has 0 saturated heterocycles. The fraction of sp³-hybridized carbons (Fsp3) is 0.400. The Labute approximate surface area is 158 Å². The van der Waals surface area contributed by atoms with Crippen LogP contribution in [0.4, 0.5) is 5.69 Å². The number of anilines is 1. The number of aromatic nitrogens is 3. The number of rotatable bonds is 7. The van der Waals surface area contributed by atoms with Gasteiger partial charge in [0.05, 0.1) is 12.5 Å². The number of nitrogens with one attached hydrogen (secondary N) is 2. The minimum Gasteiger partial charge on any atom is -0.346 e. The smallest absolute Gasteiger partial charge is 0.247 e. The second-order valence-electron chi connectivity index (χ2n) is 7.09. The normalized spacial score (nSPS) is 13.9. The van der Waals surface area contributed by atoms with Crippen LogP contribution in [0.2, 0.25) is 0 Å². The first-order valence-corrected chi connectivity index (χ1v) is 9.21. The third-order valence-electron chi connectivity index (χ3n) is 4.67. The Hall–Kier alpha value is -2.96. The summed E-state index contributed by atoms with van der Waals surface area (Å²) in [4.78, 5) is 23.9. The van der Waals surface area contributed by atoms with Crippen molar-refractivity contribution in [3.63, 3.8) is 0 Å². The van der Waals surface area contributed by atoms with Gasteiger partial charge >= 0.3 is 0 Å². The average molecular weight is 367 g/mol. The number of carbonyl (C=O) groups is 2. The first-order chi connectivity index (χ1) is 13.0. The monoisotopic (exact) mass is 367 g/mol. The van der Waals surface area contributed by atoms with Crippen molar-refractivity contribution in [2.45, 2.75) is 45.7 Å². The fourth-order valence-corrected chi connectivity index (χ4v) is 3.24. The number of amides is 2. The van der Waals surface area contributed by atoms with E-state index in [0.29, 0.717) is 5.69 Å². The number of hydrogen-bond acceptors (Lipinski definition) is 4. The molecule has 2 N–H and O–H groups in total. The van der Waals surface area contributed by atoms with Crippen LogP contribution in [0.3, 0.4) is 0 Å². The van der Waals surface area contributed by atoms with Gasteiger partial charge in [0.1, 0.15) is 5.82 Å². The molecule has 3 rings (SSSR count). The molecule has 1 unspecified atom stereocenters. The van der Waals surface area contributed by atoms with Crippen molar-refractivity contribution >= 4 is 17.5 Å². The molecule has 1 aromatic carbocycles. The molecule has 0 radical (unpaired) electrons. The Morgan fingerprint density at radius 1 is 1.26 bits per heavy atom. The Kier molecular flexibility index (Phi) is 5.69. The molecule has 27 heavy (non-hydrogen) atoms. The summed E-state index contributed by atoms with van der Waals surface area (Å²) in [5, 5.41) is 14.4. The van der Waals surface area contributed by atoms with Crippen LogP contribution in [0, 0.1) is 5.92 Å². The van der Waals surface area contributed by atoms with E-state index in [2.05, 4.69) is 45.8 Å². The molecule has 0 bridgehead atoms. The minimum absolute atomic E-state index is 0.0630. The van der Waals surface area contributed by atoms with E-state index >= 15 is 0 Å². The number of aryl methyl sites for hydroxylation is 1. The molecule has 1 aliphatic rings. The van der Waals surface area contributed by atoms with Gasteiger partial charge in [-0.25, -0.2) is 0 Å². The van der Waals surface area contributed by atoms with Crippen molar-refractivity contribution in [1.29, 1.82) is 0 Å². The molecule has 7 nitrogen and oxygen atoms in total. The van der Waals surface area contributed by atoms with Crippen molar-refractivity contribution in [2.24, 2.45) is 5.92 Å². The van der Waals surface area contributed by atoms with E-state index in [4.69, 9.17) is 0 Å². The van der Waals surface area contributed by atoms with Crippen LogP contribution in [-0.4, -0.2) is 26.6 Å². The molecule has 0 spiro atoms. The van der Waals surface area contributed by atoms with Crippen molar-refractivity contribution < 1.29 is 9.59 Å². The number of carbonyl (C=O) groups excluding carboxylic acids is 2. The van der Waals surface area contributed by atoms with E-state index in [-0.39, 0.29) is 30.2 Å². The van der Waals surface area contributed by atoms with Gasteiger partial charge in [-0.2, -0.15) is 0 Å². The first kappa shape index (κ1) is 18.8. The lowest BCUT2D eigenvalue weighted by atomic mass is 10.0. The lowest BCUT2D eigenvalue weighted by Crippen LogP contribution is -2.34. The molecule has 1 atom stereocenters. The Morgan fingerprint density at radius 3 is 2.67 bits per heavy atom. The summed E-state index contributed by atoms with van der Waals surface area (Å²) in [5.74, 6) is 1.72. The topological polar surface area (TPSA) is 88.9 Å². The van der Waals surface area contributed by atoms with Crippen LogP contribution in [0.5, 0.6) is 0 Å². The molecule has 1 aromatic heterocycles. The molecule has 2 aromatic rings. The molecule has 0 aliphatic carbocycles. The predicted molar refractivity (Wildman–Crippen MR) is 103 cm³/mol. The van der Waals surface area contributed by atoms with Gasteiger partial charge in [-0.05, 0) is 36.1 Å². The standard InChI is InChI=1S/C20H25N5O2/c1-4-17(26)21-15-9-7-14(8-10-15)12-18(27)22-19(13(2)3)20-24-23-16-6-5-11-25(16)20/h4,7-10,13,19H,1,5-6,11-12H2,2-3H3,(H,21,26)(H,22,27). The highest BCUT2D eigenvalue weighted by Crippen LogP contribution is 2.24. The highest BCUT2D eigenvalue weighted by Gasteiger charge is 2.27. The largest absolute Gasteiger partial charge is 0.346 e. The van der Waals surface area contributed by atoms with Gasteiger partial charge in [0.25, 0.3) is 0 Å². The highest BCUT2D eigenvalue weighted by atomic mass is 16.2. The third-order valence-corrected chi connectivity index (χ3v) is 4.67. The van der Waals surface area contributed by atoms with Gasteiger partial charge in [0, 0.05) is 18.7 Å². The average Bonchev–Trinajstić information content (AvgIpc) is 3.25. The van der Waals surface area contributed by atoms with Gasteiger partial charge < -0.3 is 15.2 Å². The van der Waals surface area contributed by atoms with Crippen molar-refractivity contribution in [3.8, 4) is 0 Å². The van der Waals surface area contributed by atoms with E-state index in [1.807, 2.05) is 12.1 Å². The minimum atomic E-state index is -0.263. The summed E-state index contributed by atoms with van der Waals surface area (Å²) in [6, 6.07) is 7.04. The fourth-order valence-electron chi connectivity index (χ4n) is 3.24.